The van der Waals surface area contributed by atoms with E-state index in [4.69, 9.17) is 0 Å². The lowest BCUT2D eigenvalue weighted by Gasteiger charge is -2.22. The summed E-state index contributed by atoms with van der Waals surface area (Å²) in [5.41, 5.74) is 8.51. The Morgan fingerprint density at radius 1 is 0.955 bits per heavy atom. The standard InChI is InChI=1S/C22H22/c1-15-7-6-8-16(13-15)17-11-12-19-18-9-4-5-10-20(18)22(2,3)21(19)14-17/h4-6,8-15H,7H2,1-3H3. The van der Waals surface area contributed by atoms with Gasteiger partial charge in [-0.25, -0.2) is 0 Å². The summed E-state index contributed by atoms with van der Waals surface area (Å²) in [4.78, 5) is 0. The van der Waals surface area contributed by atoms with Crippen molar-refractivity contribution in [1.29, 1.82) is 0 Å². The molecule has 2 aliphatic rings. The first-order valence-corrected chi connectivity index (χ1v) is 8.20. The predicted molar refractivity (Wildman–Crippen MR) is 94.9 cm³/mol. The Morgan fingerprint density at radius 2 is 1.73 bits per heavy atom. The smallest absolute Gasteiger partial charge is 0.0159 e. The van der Waals surface area contributed by atoms with Gasteiger partial charge in [0.05, 0.1) is 0 Å². The lowest BCUT2D eigenvalue weighted by molar-refractivity contribution is 0.660. The van der Waals surface area contributed by atoms with Gasteiger partial charge >= 0.3 is 0 Å². The highest BCUT2D eigenvalue weighted by atomic mass is 14.4. The minimum absolute atomic E-state index is 0.0898. The number of rotatable bonds is 1. The van der Waals surface area contributed by atoms with E-state index in [2.05, 4.69) is 81.5 Å². The molecule has 1 atom stereocenters. The molecule has 2 aromatic rings. The number of hydrogen-bond acceptors (Lipinski definition) is 0. The van der Waals surface area contributed by atoms with E-state index >= 15 is 0 Å². The van der Waals surface area contributed by atoms with Crippen LogP contribution in [0.2, 0.25) is 0 Å². The molecule has 4 rings (SSSR count). The van der Waals surface area contributed by atoms with Crippen molar-refractivity contribution in [2.75, 3.05) is 0 Å². The summed E-state index contributed by atoms with van der Waals surface area (Å²) in [6.45, 7) is 6.97. The fourth-order valence-corrected chi connectivity index (χ4v) is 3.92. The topological polar surface area (TPSA) is 0 Å². The third kappa shape index (κ3) is 1.90. The van der Waals surface area contributed by atoms with E-state index in [0.29, 0.717) is 5.92 Å². The maximum absolute atomic E-state index is 2.41. The van der Waals surface area contributed by atoms with Crippen molar-refractivity contribution in [1.82, 2.24) is 0 Å². The van der Waals surface area contributed by atoms with Crippen LogP contribution in [0.4, 0.5) is 0 Å². The van der Waals surface area contributed by atoms with E-state index in [9.17, 15) is 0 Å². The molecule has 0 saturated carbocycles. The average molecular weight is 286 g/mol. The van der Waals surface area contributed by atoms with E-state index in [-0.39, 0.29) is 5.41 Å². The molecule has 2 aliphatic carbocycles. The van der Waals surface area contributed by atoms with Crippen LogP contribution in [0.3, 0.4) is 0 Å². The highest BCUT2D eigenvalue weighted by Gasteiger charge is 2.35. The largest absolute Gasteiger partial charge is 0.0834 e. The van der Waals surface area contributed by atoms with E-state index in [1.165, 1.54) is 33.4 Å². The summed E-state index contributed by atoms with van der Waals surface area (Å²) in [6.07, 6.45) is 8.13. The van der Waals surface area contributed by atoms with Crippen LogP contribution in [-0.2, 0) is 5.41 Å². The molecule has 110 valence electrons. The second-order valence-electron chi connectivity index (χ2n) is 7.17. The molecule has 0 bridgehead atoms. The third-order valence-electron chi connectivity index (χ3n) is 5.19. The first-order chi connectivity index (χ1) is 10.6. The van der Waals surface area contributed by atoms with Crippen molar-refractivity contribution in [3.63, 3.8) is 0 Å². The summed E-state index contributed by atoms with van der Waals surface area (Å²) in [5.74, 6) is 0.637. The average Bonchev–Trinajstić information content (AvgIpc) is 2.76. The molecule has 0 aliphatic heterocycles. The number of benzene rings is 2. The Balaban J connectivity index is 1.88. The molecule has 1 unspecified atom stereocenters. The van der Waals surface area contributed by atoms with Crippen LogP contribution >= 0.6 is 0 Å². The summed E-state index contributed by atoms with van der Waals surface area (Å²) in [7, 11) is 0. The van der Waals surface area contributed by atoms with E-state index in [1.807, 2.05) is 0 Å². The van der Waals surface area contributed by atoms with Crippen LogP contribution in [0.25, 0.3) is 16.7 Å². The molecule has 0 saturated heterocycles. The Bertz CT molecular complexity index is 803. The van der Waals surface area contributed by atoms with Gasteiger partial charge in [0.2, 0.25) is 0 Å². The Kier molecular flexibility index (Phi) is 2.91. The van der Waals surface area contributed by atoms with Crippen LogP contribution in [0.1, 0.15) is 43.9 Å². The van der Waals surface area contributed by atoms with Gasteiger partial charge < -0.3 is 0 Å². The van der Waals surface area contributed by atoms with Gasteiger partial charge in [-0.15, -0.1) is 0 Å². The number of allylic oxidation sites excluding steroid dienone is 4. The summed E-state index contributed by atoms with van der Waals surface area (Å²) < 4.78 is 0. The first kappa shape index (κ1) is 13.6. The molecule has 0 fully saturated rings. The van der Waals surface area contributed by atoms with Crippen LogP contribution < -0.4 is 0 Å². The van der Waals surface area contributed by atoms with Crippen molar-refractivity contribution >= 4 is 5.57 Å². The van der Waals surface area contributed by atoms with Crippen molar-refractivity contribution < 1.29 is 0 Å². The lowest BCUT2D eigenvalue weighted by Crippen LogP contribution is -2.15. The molecule has 0 aromatic heterocycles. The van der Waals surface area contributed by atoms with Crippen molar-refractivity contribution in [2.24, 2.45) is 5.92 Å². The Labute approximate surface area is 133 Å². The highest BCUT2D eigenvalue weighted by molar-refractivity contribution is 5.84. The van der Waals surface area contributed by atoms with Gasteiger partial charge in [0.15, 0.2) is 0 Å². The third-order valence-corrected chi connectivity index (χ3v) is 5.19. The highest BCUT2D eigenvalue weighted by Crippen LogP contribution is 2.49. The fraction of sp³-hybridized carbons (Fsp3) is 0.273. The minimum Gasteiger partial charge on any atom is -0.0834 e. The number of fused-ring (bicyclic) bond motifs is 3. The molecule has 0 N–H and O–H groups in total. The molecule has 0 spiro atoms. The first-order valence-electron chi connectivity index (χ1n) is 8.20. The van der Waals surface area contributed by atoms with E-state index < -0.39 is 0 Å². The van der Waals surface area contributed by atoms with Gasteiger partial charge in [-0.1, -0.05) is 75.4 Å². The number of hydrogen-bond donors (Lipinski definition) is 0. The van der Waals surface area contributed by atoms with Crippen LogP contribution in [0, 0.1) is 5.92 Å². The maximum atomic E-state index is 2.41. The summed E-state index contributed by atoms with van der Waals surface area (Å²) >= 11 is 0. The maximum Gasteiger partial charge on any atom is 0.0159 e. The lowest BCUT2D eigenvalue weighted by atomic mass is 9.81. The molecule has 0 nitrogen and oxygen atoms in total. The van der Waals surface area contributed by atoms with Gasteiger partial charge in [0.1, 0.15) is 0 Å². The summed E-state index contributed by atoms with van der Waals surface area (Å²) in [5, 5.41) is 0. The Hall–Kier alpha value is -2.08. The van der Waals surface area contributed by atoms with Gasteiger partial charge in [0.25, 0.3) is 0 Å². The van der Waals surface area contributed by atoms with Crippen molar-refractivity contribution in [3.05, 3.63) is 77.4 Å². The molecule has 0 amide bonds. The van der Waals surface area contributed by atoms with Gasteiger partial charge in [0, 0.05) is 5.41 Å². The molecular weight excluding hydrogens is 264 g/mol. The minimum atomic E-state index is 0.0898. The summed E-state index contributed by atoms with van der Waals surface area (Å²) in [6, 6.07) is 15.8. The van der Waals surface area contributed by atoms with Crippen LogP contribution in [0.15, 0.2) is 60.7 Å². The quantitative estimate of drug-likeness (QED) is 0.605. The van der Waals surface area contributed by atoms with Gasteiger partial charge in [-0.3, -0.25) is 0 Å². The fourth-order valence-electron chi connectivity index (χ4n) is 3.92. The molecule has 22 heavy (non-hydrogen) atoms. The molecule has 2 aromatic carbocycles. The zero-order valence-electron chi connectivity index (χ0n) is 13.6. The predicted octanol–water partition coefficient (Wildman–Crippen LogP) is 5.97. The molecule has 0 heterocycles. The van der Waals surface area contributed by atoms with Crippen molar-refractivity contribution in [3.8, 4) is 11.1 Å². The molecule has 0 heteroatoms. The van der Waals surface area contributed by atoms with E-state index in [0.717, 1.165) is 6.42 Å². The van der Waals surface area contributed by atoms with Gasteiger partial charge in [-0.2, -0.15) is 0 Å². The normalized spacial score (nSPS) is 21.2. The Morgan fingerprint density at radius 3 is 2.55 bits per heavy atom. The van der Waals surface area contributed by atoms with Crippen LogP contribution in [0.5, 0.6) is 0 Å². The van der Waals surface area contributed by atoms with E-state index in [1.54, 1.807) is 0 Å². The molecule has 0 radical (unpaired) electrons. The second-order valence-corrected chi connectivity index (χ2v) is 7.17. The SMILES string of the molecule is CC1C=C(c2ccc3c(c2)C(C)(C)c2ccccc2-3)C=CC1. The van der Waals surface area contributed by atoms with Crippen molar-refractivity contribution in [2.45, 2.75) is 32.6 Å². The van der Waals surface area contributed by atoms with Crippen LogP contribution in [-0.4, -0.2) is 0 Å². The molecular formula is C22H22. The zero-order valence-corrected chi connectivity index (χ0v) is 13.6. The monoisotopic (exact) mass is 286 g/mol. The second kappa shape index (κ2) is 4.71. The zero-order chi connectivity index (χ0) is 15.3. The van der Waals surface area contributed by atoms with Gasteiger partial charge in [-0.05, 0) is 51.8 Å².